The van der Waals surface area contributed by atoms with Crippen molar-refractivity contribution >= 4 is 28.2 Å². The smallest absolute Gasteiger partial charge is 0.341 e. The maximum absolute atomic E-state index is 13.2. The van der Waals surface area contributed by atoms with Crippen LogP contribution in [0, 0.1) is 12.7 Å². The monoisotopic (exact) mass is 359 g/mol. The van der Waals surface area contributed by atoms with Crippen LogP contribution in [0.4, 0.5) is 9.39 Å². The molecule has 3 rings (SSSR count). The highest BCUT2D eigenvalue weighted by molar-refractivity contribution is 7.17. The molecule has 0 radical (unpaired) electrons. The summed E-state index contributed by atoms with van der Waals surface area (Å²) in [5.41, 5.74) is 1.50. The molecule has 1 amide bonds. The SMILES string of the molecule is COC(=O)c1c(NC(=O)c2ccco2)sc(C)c1-c1ccc(F)cc1. The number of methoxy groups -OCH3 is 1. The molecular weight excluding hydrogens is 345 g/mol. The summed E-state index contributed by atoms with van der Waals surface area (Å²) in [5.74, 6) is -1.30. The Balaban J connectivity index is 2.07. The van der Waals surface area contributed by atoms with Crippen LogP contribution < -0.4 is 5.32 Å². The van der Waals surface area contributed by atoms with Crippen LogP contribution >= 0.6 is 11.3 Å². The van der Waals surface area contributed by atoms with Crippen molar-refractivity contribution < 1.29 is 23.1 Å². The average Bonchev–Trinajstić information content (AvgIpc) is 3.23. The summed E-state index contributed by atoms with van der Waals surface area (Å²) in [6.45, 7) is 1.82. The van der Waals surface area contributed by atoms with E-state index in [9.17, 15) is 14.0 Å². The third-order valence-electron chi connectivity index (χ3n) is 3.58. The molecule has 2 aromatic heterocycles. The third-order valence-corrected chi connectivity index (χ3v) is 4.60. The van der Waals surface area contributed by atoms with Crippen molar-refractivity contribution in [1.29, 1.82) is 0 Å². The zero-order valence-corrected chi connectivity index (χ0v) is 14.3. The van der Waals surface area contributed by atoms with Gasteiger partial charge in [0.15, 0.2) is 5.76 Å². The number of carbonyl (C=O) groups is 2. The highest BCUT2D eigenvalue weighted by Gasteiger charge is 2.25. The lowest BCUT2D eigenvalue weighted by Crippen LogP contribution is -2.13. The van der Waals surface area contributed by atoms with Gasteiger partial charge in [0.1, 0.15) is 16.4 Å². The van der Waals surface area contributed by atoms with Gasteiger partial charge in [-0.1, -0.05) is 12.1 Å². The molecule has 0 aliphatic rings. The number of ether oxygens (including phenoxy) is 1. The maximum Gasteiger partial charge on any atom is 0.341 e. The fourth-order valence-corrected chi connectivity index (χ4v) is 3.53. The van der Waals surface area contributed by atoms with Crippen molar-refractivity contribution in [3.8, 4) is 11.1 Å². The second-order valence-electron chi connectivity index (χ2n) is 5.17. The van der Waals surface area contributed by atoms with E-state index in [1.54, 1.807) is 18.2 Å². The first-order valence-electron chi connectivity index (χ1n) is 7.33. The predicted octanol–water partition coefficient (Wildman–Crippen LogP) is 4.49. The van der Waals surface area contributed by atoms with Gasteiger partial charge in [-0.3, -0.25) is 4.79 Å². The molecule has 0 spiro atoms. The molecule has 2 heterocycles. The van der Waals surface area contributed by atoms with Gasteiger partial charge in [0.05, 0.1) is 13.4 Å². The Hall–Kier alpha value is -2.93. The highest BCUT2D eigenvalue weighted by Crippen LogP contribution is 2.40. The number of halogens is 1. The van der Waals surface area contributed by atoms with E-state index in [1.165, 1.54) is 42.9 Å². The quantitative estimate of drug-likeness (QED) is 0.697. The average molecular weight is 359 g/mol. The predicted molar refractivity (Wildman–Crippen MR) is 92.5 cm³/mol. The summed E-state index contributed by atoms with van der Waals surface area (Å²) in [6.07, 6.45) is 1.39. The molecule has 128 valence electrons. The molecule has 25 heavy (non-hydrogen) atoms. The molecule has 0 bridgehead atoms. The number of thiophene rings is 1. The highest BCUT2D eigenvalue weighted by atomic mass is 32.1. The number of carbonyl (C=O) groups excluding carboxylic acids is 2. The molecule has 0 aliphatic heterocycles. The van der Waals surface area contributed by atoms with Crippen molar-refractivity contribution in [2.24, 2.45) is 0 Å². The molecular formula is C18H14FNO4S. The Bertz CT molecular complexity index is 913. The van der Waals surface area contributed by atoms with Crippen LogP contribution in [-0.4, -0.2) is 19.0 Å². The number of anilines is 1. The van der Waals surface area contributed by atoms with Crippen molar-refractivity contribution in [3.05, 3.63) is 64.7 Å². The molecule has 0 unspecified atom stereocenters. The van der Waals surface area contributed by atoms with E-state index < -0.39 is 11.9 Å². The second kappa shape index (κ2) is 6.90. The van der Waals surface area contributed by atoms with Gasteiger partial charge in [0.2, 0.25) is 0 Å². The Labute approximate surface area is 147 Å². The third kappa shape index (κ3) is 3.32. The number of hydrogen-bond acceptors (Lipinski definition) is 5. The van der Waals surface area contributed by atoms with E-state index in [-0.39, 0.29) is 17.1 Å². The molecule has 0 fully saturated rings. The maximum atomic E-state index is 13.2. The number of benzene rings is 1. The Morgan fingerprint density at radius 3 is 2.52 bits per heavy atom. The van der Waals surface area contributed by atoms with Gasteiger partial charge in [0, 0.05) is 10.4 Å². The topological polar surface area (TPSA) is 68.5 Å². The number of esters is 1. The molecule has 0 atom stereocenters. The standard InChI is InChI=1S/C18H14FNO4S/c1-10-14(11-5-7-12(19)8-6-11)15(18(22)23-2)17(25-10)20-16(21)13-4-3-9-24-13/h3-9H,1-2H3,(H,20,21). The van der Waals surface area contributed by atoms with Crippen LogP contribution in [0.1, 0.15) is 25.8 Å². The number of amides is 1. The number of aryl methyl sites for hydroxylation is 1. The lowest BCUT2D eigenvalue weighted by molar-refractivity contribution is 0.0603. The van der Waals surface area contributed by atoms with E-state index in [0.29, 0.717) is 16.1 Å². The first-order chi connectivity index (χ1) is 12.0. The first-order valence-corrected chi connectivity index (χ1v) is 8.15. The van der Waals surface area contributed by atoms with Gasteiger partial charge in [-0.25, -0.2) is 9.18 Å². The van der Waals surface area contributed by atoms with Crippen LogP contribution in [0.3, 0.4) is 0 Å². The molecule has 5 nitrogen and oxygen atoms in total. The van der Waals surface area contributed by atoms with Crippen LogP contribution in [0.5, 0.6) is 0 Å². The summed E-state index contributed by atoms with van der Waals surface area (Å²) in [6, 6.07) is 8.90. The summed E-state index contributed by atoms with van der Waals surface area (Å²) in [7, 11) is 1.27. The molecule has 0 saturated heterocycles. The lowest BCUT2D eigenvalue weighted by Gasteiger charge is -2.07. The Morgan fingerprint density at radius 2 is 1.92 bits per heavy atom. The Morgan fingerprint density at radius 1 is 1.20 bits per heavy atom. The van der Waals surface area contributed by atoms with Gasteiger partial charge in [-0.05, 0) is 36.8 Å². The molecule has 0 aliphatic carbocycles. The van der Waals surface area contributed by atoms with E-state index in [4.69, 9.17) is 9.15 Å². The van der Waals surface area contributed by atoms with E-state index in [1.807, 2.05) is 6.92 Å². The van der Waals surface area contributed by atoms with Crippen molar-refractivity contribution in [2.45, 2.75) is 6.92 Å². The van der Waals surface area contributed by atoms with E-state index in [0.717, 1.165) is 4.88 Å². The van der Waals surface area contributed by atoms with Crippen molar-refractivity contribution in [1.82, 2.24) is 0 Å². The van der Waals surface area contributed by atoms with E-state index in [2.05, 4.69) is 5.32 Å². The molecule has 3 aromatic rings. The van der Waals surface area contributed by atoms with Gasteiger partial charge in [0.25, 0.3) is 5.91 Å². The summed E-state index contributed by atoms with van der Waals surface area (Å²) in [5, 5.41) is 3.03. The minimum Gasteiger partial charge on any atom is -0.465 e. The Kier molecular flexibility index (Phi) is 4.67. The zero-order valence-electron chi connectivity index (χ0n) is 13.5. The fourth-order valence-electron chi connectivity index (χ4n) is 2.47. The lowest BCUT2D eigenvalue weighted by atomic mass is 10.0. The zero-order chi connectivity index (χ0) is 18.0. The summed E-state index contributed by atoms with van der Waals surface area (Å²) < 4.78 is 23.1. The summed E-state index contributed by atoms with van der Waals surface area (Å²) >= 11 is 1.24. The minimum absolute atomic E-state index is 0.130. The van der Waals surface area contributed by atoms with Crippen LogP contribution in [0.2, 0.25) is 0 Å². The molecule has 7 heteroatoms. The van der Waals surface area contributed by atoms with Gasteiger partial charge in [-0.2, -0.15) is 0 Å². The van der Waals surface area contributed by atoms with E-state index >= 15 is 0 Å². The first kappa shape index (κ1) is 16.9. The summed E-state index contributed by atoms with van der Waals surface area (Å²) in [4.78, 5) is 25.3. The largest absolute Gasteiger partial charge is 0.465 e. The second-order valence-corrected chi connectivity index (χ2v) is 6.39. The minimum atomic E-state index is -0.585. The molecule has 1 N–H and O–H groups in total. The number of furan rings is 1. The molecule has 0 saturated carbocycles. The number of hydrogen-bond donors (Lipinski definition) is 1. The van der Waals surface area contributed by atoms with Gasteiger partial charge in [-0.15, -0.1) is 11.3 Å². The van der Waals surface area contributed by atoms with Crippen LogP contribution in [-0.2, 0) is 4.74 Å². The van der Waals surface area contributed by atoms with Crippen LogP contribution in [0.15, 0.2) is 47.1 Å². The van der Waals surface area contributed by atoms with Crippen molar-refractivity contribution in [2.75, 3.05) is 12.4 Å². The fraction of sp³-hybridized carbons (Fsp3) is 0.111. The number of nitrogens with one attached hydrogen (secondary N) is 1. The van der Waals surface area contributed by atoms with Crippen molar-refractivity contribution in [3.63, 3.8) is 0 Å². The number of rotatable bonds is 4. The van der Waals surface area contributed by atoms with Gasteiger partial charge < -0.3 is 14.5 Å². The van der Waals surface area contributed by atoms with Crippen LogP contribution in [0.25, 0.3) is 11.1 Å². The molecule has 1 aromatic carbocycles. The normalized spacial score (nSPS) is 10.5. The van der Waals surface area contributed by atoms with Gasteiger partial charge >= 0.3 is 5.97 Å².